The third-order valence-electron chi connectivity index (χ3n) is 3.12. The lowest BCUT2D eigenvalue weighted by Crippen LogP contribution is -2.40. The van der Waals surface area contributed by atoms with E-state index in [9.17, 15) is 4.79 Å². The maximum Gasteiger partial charge on any atom is 0.310 e. The molecule has 0 aromatic rings. The number of carbonyl (C=O) groups excluding carboxylic acids is 1. The maximum atomic E-state index is 11.6. The molecule has 0 bridgehead atoms. The van der Waals surface area contributed by atoms with E-state index >= 15 is 0 Å². The second-order valence-electron chi connectivity index (χ2n) is 3.98. The predicted molar refractivity (Wildman–Crippen MR) is 58.0 cm³/mol. The van der Waals surface area contributed by atoms with Crippen LogP contribution in [0, 0.1) is 17.8 Å². The van der Waals surface area contributed by atoms with Gasteiger partial charge in [0.15, 0.2) is 0 Å². The lowest BCUT2D eigenvalue weighted by molar-refractivity contribution is -0.152. The largest absolute Gasteiger partial charge is 0.466 e. The van der Waals surface area contributed by atoms with Crippen molar-refractivity contribution >= 4 is 18.4 Å². The maximum absolute atomic E-state index is 11.6. The summed E-state index contributed by atoms with van der Waals surface area (Å²) in [6.45, 7) is 5.63. The zero-order valence-corrected chi connectivity index (χ0v) is 9.72. The van der Waals surface area contributed by atoms with E-state index in [1.165, 1.54) is 0 Å². The van der Waals surface area contributed by atoms with Crippen LogP contribution in [0.1, 0.15) is 6.92 Å². The summed E-state index contributed by atoms with van der Waals surface area (Å²) in [5, 5.41) is 3.25. The summed E-state index contributed by atoms with van der Waals surface area (Å²) in [6, 6.07) is 0. The molecule has 0 aromatic heterocycles. The fourth-order valence-corrected chi connectivity index (χ4v) is 2.20. The average Bonchev–Trinajstić information content (AvgIpc) is 2.50. The van der Waals surface area contributed by atoms with Gasteiger partial charge in [-0.15, -0.1) is 12.4 Å². The standard InChI is InChI=1S/C10H17NO3.ClH/c1-2-14-10(12)9-4-11-3-8(9)7-5-13-6-7;/h7-9,11H,2-6H2,1H3;1H/t8-,9+;/m0./s1. The van der Waals surface area contributed by atoms with Crippen LogP contribution in [0.15, 0.2) is 0 Å². The van der Waals surface area contributed by atoms with Crippen LogP contribution >= 0.6 is 12.4 Å². The minimum absolute atomic E-state index is 0. The summed E-state index contributed by atoms with van der Waals surface area (Å²) in [5.74, 6) is 0.973. The molecule has 0 aliphatic carbocycles. The van der Waals surface area contributed by atoms with Gasteiger partial charge in [0, 0.05) is 12.5 Å². The van der Waals surface area contributed by atoms with E-state index in [1.54, 1.807) is 0 Å². The Bertz CT molecular complexity index is 221. The van der Waals surface area contributed by atoms with Crippen molar-refractivity contribution in [2.24, 2.45) is 17.8 Å². The van der Waals surface area contributed by atoms with E-state index in [-0.39, 0.29) is 24.3 Å². The molecule has 1 N–H and O–H groups in total. The van der Waals surface area contributed by atoms with E-state index in [0.717, 1.165) is 26.3 Å². The van der Waals surface area contributed by atoms with Crippen molar-refractivity contribution in [2.75, 3.05) is 32.9 Å². The van der Waals surface area contributed by atoms with Crippen molar-refractivity contribution in [3.63, 3.8) is 0 Å². The van der Waals surface area contributed by atoms with E-state index in [1.807, 2.05) is 6.92 Å². The van der Waals surface area contributed by atoms with Gasteiger partial charge in [-0.1, -0.05) is 0 Å². The molecule has 2 heterocycles. The minimum Gasteiger partial charge on any atom is -0.466 e. The minimum atomic E-state index is -0.0469. The summed E-state index contributed by atoms with van der Waals surface area (Å²) in [4.78, 5) is 11.6. The van der Waals surface area contributed by atoms with Gasteiger partial charge in [0.1, 0.15) is 0 Å². The molecule has 15 heavy (non-hydrogen) atoms. The normalized spacial score (nSPS) is 30.5. The number of nitrogens with one attached hydrogen (secondary N) is 1. The first-order chi connectivity index (χ1) is 6.83. The molecular formula is C10H18ClNO3. The third kappa shape index (κ3) is 2.62. The predicted octanol–water partition coefficient (Wildman–Crippen LogP) is 0.453. The molecule has 2 saturated heterocycles. The lowest BCUT2D eigenvalue weighted by Gasteiger charge is -2.33. The van der Waals surface area contributed by atoms with Gasteiger partial charge in [0.2, 0.25) is 0 Å². The Kier molecular flexibility index (Phi) is 4.83. The van der Waals surface area contributed by atoms with Gasteiger partial charge in [0.05, 0.1) is 25.7 Å². The number of rotatable bonds is 3. The first-order valence-corrected chi connectivity index (χ1v) is 5.28. The second kappa shape index (κ2) is 5.68. The second-order valence-corrected chi connectivity index (χ2v) is 3.98. The van der Waals surface area contributed by atoms with Gasteiger partial charge < -0.3 is 14.8 Å². The molecule has 0 radical (unpaired) electrons. The van der Waals surface area contributed by atoms with Crippen molar-refractivity contribution < 1.29 is 14.3 Å². The molecule has 2 fully saturated rings. The zero-order valence-electron chi connectivity index (χ0n) is 8.90. The molecular weight excluding hydrogens is 218 g/mol. The number of hydrogen-bond acceptors (Lipinski definition) is 4. The zero-order chi connectivity index (χ0) is 9.97. The SMILES string of the molecule is CCOC(=O)[C@@H]1CNC[C@H]1C1COC1.Cl. The lowest BCUT2D eigenvalue weighted by atomic mass is 9.83. The quantitative estimate of drug-likeness (QED) is 0.722. The summed E-state index contributed by atoms with van der Waals surface area (Å²) in [5.41, 5.74) is 0. The molecule has 2 aliphatic rings. The smallest absolute Gasteiger partial charge is 0.310 e. The average molecular weight is 236 g/mol. The van der Waals surface area contributed by atoms with Gasteiger partial charge in [-0.2, -0.15) is 0 Å². The van der Waals surface area contributed by atoms with E-state index in [0.29, 0.717) is 18.4 Å². The monoisotopic (exact) mass is 235 g/mol. The Morgan fingerprint density at radius 2 is 2.20 bits per heavy atom. The summed E-state index contributed by atoms with van der Waals surface area (Å²) in [7, 11) is 0. The van der Waals surface area contributed by atoms with Crippen LogP contribution in [0.5, 0.6) is 0 Å². The number of esters is 1. The Hall–Kier alpha value is -0.320. The summed E-state index contributed by atoms with van der Waals surface area (Å²) < 4.78 is 10.2. The van der Waals surface area contributed by atoms with E-state index in [2.05, 4.69) is 5.32 Å². The van der Waals surface area contributed by atoms with Gasteiger partial charge in [-0.3, -0.25) is 4.79 Å². The molecule has 88 valence electrons. The Labute approximate surface area is 96.1 Å². The Morgan fingerprint density at radius 1 is 1.47 bits per heavy atom. The fraction of sp³-hybridized carbons (Fsp3) is 0.900. The molecule has 4 nitrogen and oxygen atoms in total. The fourth-order valence-electron chi connectivity index (χ4n) is 2.20. The molecule has 2 aliphatic heterocycles. The number of halogens is 1. The van der Waals surface area contributed by atoms with Crippen LogP contribution in [0.25, 0.3) is 0 Å². The van der Waals surface area contributed by atoms with Crippen molar-refractivity contribution in [3.05, 3.63) is 0 Å². The molecule has 0 amide bonds. The number of carbonyl (C=O) groups is 1. The van der Waals surface area contributed by atoms with Gasteiger partial charge >= 0.3 is 5.97 Å². The highest BCUT2D eigenvalue weighted by atomic mass is 35.5. The molecule has 2 atom stereocenters. The van der Waals surface area contributed by atoms with Crippen molar-refractivity contribution in [2.45, 2.75) is 6.92 Å². The number of ether oxygens (including phenoxy) is 2. The topological polar surface area (TPSA) is 47.6 Å². The van der Waals surface area contributed by atoms with E-state index in [4.69, 9.17) is 9.47 Å². The van der Waals surface area contributed by atoms with Crippen molar-refractivity contribution in [1.29, 1.82) is 0 Å². The summed E-state index contributed by atoms with van der Waals surface area (Å²) in [6.07, 6.45) is 0. The highest BCUT2D eigenvalue weighted by Gasteiger charge is 2.41. The van der Waals surface area contributed by atoms with Crippen LogP contribution in [-0.4, -0.2) is 38.9 Å². The molecule has 2 rings (SSSR count). The van der Waals surface area contributed by atoms with Crippen molar-refractivity contribution in [3.8, 4) is 0 Å². The molecule has 0 saturated carbocycles. The molecule has 0 aromatic carbocycles. The van der Waals surface area contributed by atoms with Gasteiger partial charge in [-0.25, -0.2) is 0 Å². The molecule has 5 heteroatoms. The molecule has 0 spiro atoms. The van der Waals surface area contributed by atoms with Crippen LogP contribution in [0.2, 0.25) is 0 Å². The Morgan fingerprint density at radius 3 is 2.73 bits per heavy atom. The first-order valence-electron chi connectivity index (χ1n) is 5.28. The van der Waals surface area contributed by atoms with Gasteiger partial charge in [-0.05, 0) is 19.4 Å². The highest BCUT2D eigenvalue weighted by Crippen LogP contribution is 2.30. The number of hydrogen-bond donors (Lipinski definition) is 1. The molecule has 0 unspecified atom stereocenters. The Balaban J connectivity index is 0.00000112. The third-order valence-corrected chi connectivity index (χ3v) is 3.12. The van der Waals surface area contributed by atoms with E-state index < -0.39 is 0 Å². The first kappa shape index (κ1) is 12.7. The van der Waals surface area contributed by atoms with Crippen LogP contribution in [0.4, 0.5) is 0 Å². The van der Waals surface area contributed by atoms with Crippen LogP contribution < -0.4 is 5.32 Å². The van der Waals surface area contributed by atoms with Gasteiger partial charge in [0.25, 0.3) is 0 Å². The van der Waals surface area contributed by atoms with Crippen LogP contribution in [0.3, 0.4) is 0 Å². The summed E-state index contributed by atoms with van der Waals surface area (Å²) >= 11 is 0. The van der Waals surface area contributed by atoms with Crippen LogP contribution in [-0.2, 0) is 14.3 Å². The van der Waals surface area contributed by atoms with Crippen molar-refractivity contribution in [1.82, 2.24) is 5.32 Å². The highest BCUT2D eigenvalue weighted by molar-refractivity contribution is 5.85.